The summed E-state index contributed by atoms with van der Waals surface area (Å²) in [7, 11) is 0. The van der Waals surface area contributed by atoms with Crippen molar-refractivity contribution in [1.82, 2.24) is 5.32 Å². The molecule has 2 N–H and O–H groups in total. The molecule has 1 aliphatic rings. The molecule has 0 atom stereocenters. The fraction of sp³-hybridized carbons (Fsp3) is 0.583. The summed E-state index contributed by atoms with van der Waals surface area (Å²) < 4.78 is 0. The maximum Gasteiger partial charge on any atom is 0.346 e. The first-order valence-corrected chi connectivity index (χ1v) is 6.65. The summed E-state index contributed by atoms with van der Waals surface area (Å²) in [5, 5.41) is 14.1. The van der Waals surface area contributed by atoms with E-state index in [-0.39, 0.29) is 0 Å². The maximum atomic E-state index is 10.9. The molecule has 0 unspecified atom stereocenters. The fourth-order valence-corrected chi connectivity index (χ4v) is 2.73. The van der Waals surface area contributed by atoms with Crippen molar-refractivity contribution < 1.29 is 9.90 Å². The van der Waals surface area contributed by atoms with Crippen LogP contribution >= 0.6 is 11.3 Å². The molecule has 1 fully saturated rings. The summed E-state index contributed by atoms with van der Waals surface area (Å²) in [6.45, 7) is 1.68. The number of hydrogen-bond acceptors (Lipinski definition) is 3. The lowest BCUT2D eigenvalue weighted by Gasteiger charge is -2.25. The summed E-state index contributed by atoms with van der Waals surface area (Å²) >= 11 is 1.30. The minimum atomic E-state index is -0.814. The number of hydrogen-bond donors (Lipinski definition) is 2. The number of thiophene rings is 1. The Balaban J connectivity index is 1.71. The Bertz CT molecular complexity index is 358. The van der Waals surface area contributed by atoms with Crippen LogP contribution in [0, 0.1) is 5.92 Å². The predicted molar refractivity (Wildman–Crippen MR) is 64.9 cm³/mol. The van der Waals surface area contributed by atoms with E-state index in [0.29, 0.717) is 11.4 Å². The van der Waals surface area contributed by atoms with Crippen molar-refractivity contribution in [2.45, 2.75) is 32.2 Å². The Morgan fingerprint density at radius 1 is 1.56 bits per heavy atom. The lowest BCUT2D eigenvalue weighted by atomic mass is 9.83. The van der Waals surface area contributed by atoms with E-state index < -0.39 is 5.97 Å². The lowest BCUT2D eigenvalue weighted by molar-refractivity contribution is 0.0701. The van der Waals surface area contributed by atoms with Gasteiger partial charge in [0.1, 0.15) is 4.88 Å². The Labute approximate surface area is 99.5 Å². The van der Waals surface area contributed by atoms with Gasteiger partial charge in [-0.3, -0.25) is 0 Å². The van der Waals surface area contributed by atoms with Gasteiger partial charge in [-0.15, -0.1) is 11.3 Å². The van der Waals surface area contributed by atoms with E-state index in [0.717, 1.165) is 18.0 Å². The smallest absolute Gasteiger partial charge is 0.346 e. The molecule has 0 bridgehead atoms. The van der Waals surface area contributed by atoms with Crippen LogP contribution in [0.5, 0.6) is 0 Å². The van der Waals surface area contributed by atoms with Crippen molar-refractivity contribution >= 4 is 17.3 Å². The number of carboxylic acids is 1. The largest absolute Gasteiger partial charge is 0.477 e. The molecule has 0 amide bonds. The highest BCUT2D eigenvalue weighted by Crippen LogP contribution is 2.28. The van der Waals surface area contributed by atoms with E-state index in [9.17, 15) is 4.79 Å². The van der Waals surface area contributed by atoms with Gasteiger partial charge >= 0.3 is 5.97 Å². The second-order valence-electron chi connectivity index (χ2n) is 4.34. The van der Waals surface area contributed by atoms with E-state index in [1.807, 2.05) is 11.4 Å². The minimum absolute atomic E-state index is 0.469. The fourth-order valence-electron chi connectivity index (χ4n) is 1.97. The molecule has 4 heteroatoms. The van der Waals surface area contributed by atoms with Gasteiger partial charge in [-0.05, 0) is 35.9 Å². The van der Waals surface area contributed by atoms with Crippen molar-refractivity contribution in [1.29, 1.82) is 0 Å². The van der Waals surface area contributed by atoms with E-state index in [2.05, 4.69) is 5.32 Å². The van der Waals surface area contributed by atoms with Crippen LogP contribution in [0.15, 0.2) is 11.4 Å². The first-order chi connectivity index (χ1) is 7.77. The molecule has 0 aliphatic heterocycles. The van der Waals surface area contributed by atoms with Gasteiger partial charge in [0.05, 0.1) is 0 Å². The Morgan fingerprint density at radius 3 is 3.00 bits per heavy atom. The number of nitrogens with one attached hydrogen (secondary N) is 1. The van der Waals surface area contributed by atoms with Crippen LogP contribution in [0.1, 0.15) is 40.9 Å². The molecule has 3 nitrogen and oxygen atoms in total. The molecule has 1 heterocycles. The molecular formula is C12H17NO2S. The molecule has 1 aromatic heterocycles. The third kappa shape index (κ3) is 2.83. The monoisotopic (exact) mass is 239 g/mol. The van der Waals surface area contributed by atoms with Gasteiger partial charge in [-0.25, -0.2) is 4.79 Å². The average molecular weight is 239 g/mol. The van der Waals surface area contributed by atoms with Crippen molar-refractivity contribution in [2.75, 3.05) is 6.54 Å². The summed E-state index contributed by atoms with van der Waals surface area (Å²) in [5.74, 6) is 0.0970. The molecule has 1 aromatic rings. The minimum Gasteiger partial charge on any atom is -0.477 e. The Morgan fingerprint density at radius 2 is 2.38 bits per heavy atom. The van der Waals surface area contributed by atoms with Crippen LogP contribution in [0.25, 0.3) is 0 Å². The van der Waals surface area contributed by atoms with Gasteiger partial charge in [-0.2, -0.15) is 0 Å². The summed E-state index contributed by atoms with van der Waals surface area (Å²) in [5.41, 5.74) is 0.908. The van der Waals surface area contributed by atoms with Gasteiger partial charge in [0, 0.05) is 6.54 Å². The van der Waals surface area contributed by atoms with Crippen molar-refractivity contribution in [3.05, 3.63) is 21.9 Å². The number of rotatable bonds is 6. The van der Waals surface area contributed by atoms with Crippen molar-refractivity contribution in [3.63, 3.8) is 0 Å². The van der Waals surface area contributed by atoms with Crippen molar-refractivity contribution in [2.24, 2.45) is 5.92 Å². The van der Waals surface area contributed by atoms with Crippen LogP contribution in [0.3, 0.4) is 0 Å². The summed E-state index contributed by atoms with van der Waals surface area (Å²) in [6.07, 6.45) is 5.37. The van der Waals surface area contributed by atoms with Crippen LogP contribution in [0.4, 0.5) is 0 Å². The first-order valence-electron chi connectivity index (χ1n) is 5.77. The number of carboxylic acid groups (broad SMARTS) is 1. The summed E-state index contributed by atoms with van der Waals surface area (Å²) in [6, 6.07) is 1.89. The third-order valence-electron chi connectivity index (χ3n) is 3.21. The highest BCUT2D eigenvalue weighted by atomic mass is 32.1. The van der Waals surface area contributed by atoms with E-state index in [1.165, 1.54) is 37.0 Å². The molecule has 2 rings (SSSR count). The first kappa shape index (κ1) is 11.6. The van der Waals surface area contributed by atoms with Gasteiger partial charge in [0.25, 0.3) is 0 Å². The normalized spacial score (nSPS) is 16.0. The van der Waals surface area contributed by atoms with Crippen molar-refractivity contribution in [3.8, 4) is 0 Å². The van der Waals surface area contributed by atoms with Gasteiger partial charge in [-0.1, -0.05) is 19.3 Å². The quantitative estimate of drug-likeness (QED) is 0.750. The zero-order chi connectivity index (χ0) is 11.4. The van der Waals surface area contributed by atoms with E-state index in [1.54, 1.807) is 0 Å². The Hall–Kier alpha value is -0.870. The van der Waals surface area contributed by atoms with Gasteiger partial charge < -0.3 is 10.4 Å². The lowest BCUT2D eigenvalue weighted by Crippen LogP contribution is -2.21. The highest BCUT2D eigenvalue weighted by molar-refractivity contribution is 7.12. The molecular weight excluding hydrogens is 222 g/mol. The zero-order valence-corrected chi connectivity index (χ0v) is 10.1. The molecule has 16 heavy (non-hydrogen) atoms. The molecule has 0 aromatic carbocycles. The van der Waals surface area contributed by atoms with Gasteiger partial charge in [0.15, 0.2) is 0 Å². The molecule has 0 spiro atoms. The van der Waals surface area contributed by atoms with E-state index in [4.69, 9.17) is 5.11 Å². The SMILES string of the molecule is O=C(O)c1sccc1CNCCC1CCC1. The predicted octanol–water partition coefficient (Wildman–Crippen LogP) is 2.73. The molecule has 1 saturated carbocycles. The molecule has 0 radical (unpaired) electrons. The zero-order valence-electron chi connectivity index (χ0n) is 9.24. The van der Waals surface area contributed by atoms with E-state index >= 15 is 0 Å². The Kier molecular flexibility index (Phi) is 3.96. The third-order valence-corrected chi connectivity index (χ3v) is 4.16. The average Bonchev–Trinajstić information content (AvgIpc) is 2.62. The van der Waals surface area contributed by atoms with Crippen LogP contribution in [0.2, 0.25) is 0 Å². The molecule has 0 saturated heterocycles. The summed E-state index contributed by atoms with van der Waals surface area (Å²) in [4.78, 5) is 11.3. The van der Waals surface area contributed by atoms with Gasteiger partial charge in [0.2, 0.25) is 0 Å². The second-order valence-corrected chi connectivity index (χ2v) is 5.26. The standard InChI is InChI=1S/C12H17NO2S/c14-12(15)11-10(5-7-16-11)8-13-6-4-9-2-1-3-9/h5,7,9,13H,1-4,6,8H2,(H,14,15). The number of aromatic carboxylic acids is 1. The second kappa shape index (κ2) is 5.46. The van der Waals surface area contributed by atoms with Crippen LogP contribution < -0.4 is 5.32 Å². The topological polar surface area (TPSA) is 49.3 Å². The number of carbonyl (C=O) groups is 1. The molecule has 88 valence electrons. The highest BCUT2D eigenvalue weighted by Gasteiger charge is 2.16. The molecule has 1 aliphatic carbocycles. The maximum absolute atomic E-state index is 10.9. The van der Waals surface area contributed by atoms with Crippen LogP contribution in [-0.4, -0.2) is 17.6 Å². The van der Waals surface area contributed by atoms with Crippen LogP contribution in [-0.2, 0) is 6.54 Å².